The number of aliphatic hydroxyl groups excluding tert-OH is 1. The third kappa shape index (κ3) is 3.71. The van der Waals surface area contributed by atoms with Crippen LogP contribution in [-0.2, 0) is 0 Å². The van der Waals surface area contributed by atoms with Crippen molar-refractivity contribution in [2.75, 3.05) is 13.6 Å². The molecule has 1 aromatic carbocycles. The van der Waals surface area contributed by atoms with E-state index in [9.17, 15) is 13.2 Å². The van der Waals surface area contributed by atoms with Crippen LogP contribution in [-0.4, -0.2) is 35.9 Å². The molecule has 0 amide bonds. The highest BCUT2D eigenvalue weighted by molar-refractivity contribution is 5.28. The van der Waals surface area contributed by atoms with E-state index in [2.05, 4.69) is 0 Å². The van der Waals surface area contributed by atoms with Gasteiger partial charge in [-0.15, -0.1) is 0 Å². The highest BCUT2D eigenvalue weighted by Gasteiger charge is 2.39. The molecular formula is C13H18F3NO. The first kappa shape index (κ1) is 15.0. The van der Waals surface area contributed by atoms with Crippen molar-refractivity contribution < 1.29 is 18.3 Å². The number of likely N-dealkylation sites (N-methyl/N-ethyl adjacent to an activating group) is 1. The van der Waals surface area contributed by atoms with Gasteiger partial charge in [-0.05, 0) is 32.0 Å². The summed E-state index contributed by atoms with van der Waals surface area (Å²) in [5, 5.41) is 9.05. The minimum Gasteiger partial charge on any atom is -0.382 e. The largest absolute Gasteiger partial charge is 0.415 e. The average molecular weight is 261 g/mol. The smallest absolute Gasteiger partial charge is 0.382 e. The van der Waals surface area contributed by atoms with Crippen molar-refractivity contribution >= 4 is 0 Å². The summed E-state index contributed by atoms with van der Waals surface area (Å²) >= 11 is 0. The van der Waals surface area contributed by atoms with E-state index in [1.165, 1.54) is 4.90 Å². The first-order valence-corrected chi connectivity index (χ1v) is 5.74. The molecule has 5 heteroatoms. The van der Waals surface area contributed by atoms with Crippen molar-refractivity contribution in [3.8, 4) is 0 Å². The van der Waals surface area contributed by atoms with Gasteiger partial charge in [-0.25, -0.2) is 0 Å². The van der Waals surface area contributed by atoms with Crippen LogP contribution in [0.15, 0.2) is 24.3 Å². The van der Waals surface area contributed by atoms with Crippen LogP contribution in [0.2, 0.25) is 0 Å². The van der Waals surface area contributed by atoms with Crippen LogP contribution >= 0.6 is 0 Å². The van der Waals surface area contributed by atoms with E-state index in [1.54, 1.807) is 7.05 Å². The summed E-state index contributed by atoms with van der Waals surface area (Å²) in [7, 11) is 1.58. The molecule has 0 aliphatic carbocycles. The van der Waals surface area contributed by atoms with Gasteiger partial charge in [0.2, 0.25) is 0 Å². The third-order valence-corrected chi connectivity index (χ3v) is 3.14. The second-order valence-electron chi connectivity index (χ2n) is 4.53. The minimum absolute atomic E-state index is 0.178. The van der Waals surface area contributed by atoms with Crippen LogP contribution in [0.5, 0.6) is 0 Å². The number of alkyl halides is 3. The molecule has 1 N–H and O–H groups in total. The van der Waals surface area contributed by atoms with Gasteiger partial charge in [0.05, 0.1) is 0 Å². The van der Waals surface area contributed by atoms with E-state index in [1.807, 2.05) is 38.1 Å². The summed E-state index contributed by atoms with van der Waals surface area (Å²) in [6.07, 6.45) is -6.88. The molecule has 18 heavy (non-hydrogen) atoms. The second-order valence-corrected chi connectivity index (χ2v) is 4.53. The Bertz CT molecular complexity index is 392. The van der Waals surface area contributed by atoms with E-state index >= 15 is 0 Å². The fourth-order valence-electron chi connectivity index (χ4n) is 1.83. The summed E-state index contributed by atoms with van der Waals surface area (Å²) in [6, 6.07) is 7.36. The Morgan fingerprint density at radius 2 is 1.83 bits per heavy atom. The van der Waals surface area contributed by atoms with Crippen LogP contribution in [0.25, 0.3) is 0 Å². The molecule has 2 atom stereocenters. The zero-order chi connectivity index (χ0) is 13.9. The Morgan fingerprint density at radius 1 is 1.28 bits per heavy atom. The Labute approximate surface area is 105 Å². The van der Waals surface area contributed by atoms with Crippen LogP contribution in [0.4, 0.5) is 13.2 Å². The molecule has 0 fully saturated rings. The highest BCUT2D eigenvalue weighted by Crippen LogP contribution is 2.25. The van der Waals surface area contributed by atoms with Gasteiger partial charge in [-0.3, -0.25) is 4.90 Å². The number of halogens is 3. The number of rotatable bonds is 4. The molecule has 0 saturated heterocycles. The summed E-state index contributed by atoms with van der Waals surface area (Å²) < 4.78 is 36.8. The molecule has 0 aliphatic heterocycles. The predicted molar refractivity (Wildman–Crippen MR) is 64.3 cm³/mol. The lowest BCUT2D eigenvalue weighted by Crippen LogP contribution is -2.40. The Kier molecular flexibility index (Phi) is 4.76. The van der Waals surface area contributed by atoms with Crippen LogP contribution in [0, 0.1) is 6.92 Å². The highest BCUT2D eigenvalue weighted by atomic mass is 19.4. The molecule has 0 aromatic heterocycles. The molecule has 0 spiro atoms. The zero-order valence-corrected chi connectivity index (χ0v) is 10.7. The van der Waals surface area contributed by atoms with Crippen molar-refractivity contribution in [1.29, 1.82) is 0 Å². The maximum atomic E-state index is 12.3. The molecule has 0 aliphatic rings. The molecule has 1 rings (SSSR count). The molecule has 1 aromatic rings. The molecule has 102 valence electrons. The average Bonchev–Trinajstić information content (AvgIpc) is 2.27. The molecule has 0 bridgehead atoms. The quantitative estimate of drug-likeness (QED) is 0.900. The molecule has 0 radical (unpaired) electrons. The van der Waals surface area contributed by atoms with Gasteiger partial charge in [-0.2, -0.15) is 13.2 Å². The number of benzene rings is 1. The van der Waals surface area contributed by atoms with E-state index in [-0.39, 0.29) is 6.04 Å². The standard InChI is InChI=1S/C13H18F3NO/c1-9-6-4-5-7-11(9)10(2)17(3)8-12(18)13(14,15)16/h4-7,10,12,18H,8H2,1-3H3. The Hall–Kier alpha value is -1.07. The van der Waals surface area contributed by atoms with Gasteiger partial charge in [0.25, 0.3) is 0 Å². The zero-order valence-electron chi connectivity index (χ0n) is 10.7. The van der Waals surface area contributed by atoms with Crippen LogP contribution in [0.3, 0.4) is 0 Å². The molecule has 2 nitrogen and oxygen atoms in total. The fourth-order valence-corrected chi connectivity index (χ4v) is 1.83. The van der Waals surface area contributed by atoms with Gasteiger partial charge in [0, 0.05) is 12.6 Å². The summed E-state index contributed by atoms with van der Waals surface area (Å²) in [6.45, 7) is 3.31. The summed E-state index contributed by atoms with van der Waals surface area (Å²) in [5.74, 6) is 0. The van der Waals surface area contributed by atoms with E-state index < -0.39 is 18.8 Å². The van der Waals surface area contributed by atoms with Crippen molar-refractivity contribution in [2.45, 2.75) is 32.2 Å². The Balaban J connectivity index is 2.73. The van der Waals surface area contributed by atoms with Gasteiger partial charge >= 0.3 is 6.18 Å². The van der Waals surface area contributed by atoms with Crippen molar-refractivity contribution in [1.82, 2.24) is 4.90 Å². The first-order valence-electron chi connectivity index (χ1n) is 5.74. The van der Waals surface area contributed by atoms with Crippen molar-refractivity contribution in [3.63, 3.8) is 0 Å². The first-order chi connectivity index (χ1) is 8.23. The van der Waals surface area contributed by atoms with Gasteiger partial charge < -0.3 is 5.11 Å². The van der Waals surface area contributed by atoms with Crippen molar-refractivity contribution in [2.24, 2.45) is 0 Å². The monoisotopic (exact) mass is 261 g/mol. The van der Waals surface area contributed by atoms with Crippen LogP contribution in [0.1, 0.15) is 24.1 Å². The maximum absolute atomic E-state index is 12.3. The van der Waals surface area contributed by atoms with Gasteiger partial charge in [0.1, 0.15) is 0 Å². The SMILES string of the molecule is Cc1ccccc1C(C)N(C)CC(O)C(F)(F)F. The topological polar surface area (TPSA) is 23.5 Å². The molecule has 0 heterocycles. The normalized spacial score (nSPS) is 15.8. The molecule has 0 saturated carbocycles. The van der Waals surface area contributed by atoms with Gasteiger partial charge in [0.15, 0.2) is 6.10 Å². The lowest BCUT2D eigenvalue weighted by atomic mass is 10.0. The maximum Gasteiger partial charge on any atom is 0.415 e. The third-order valence-electron chi connectivity index (χ3n) is 3.14. The number of nitrogens with zero attached hydrogens (tertiary/aromatic N) is 1. The minimum atomic E-state index is -4.57. The van der Waals surface area contributed by atoms with Crippen molar-refractivity contribution in [3.05, 3.63) is 35.4 Å². The molecule has 2 unspecified atom stereocenters. The van der Waals surface area contributed by atoms with Crippen LogP contribution < -0.4 is 0 Å². The van der Waals surface area contributed by atoms with E-state index in [4.69, 9.17) is 5.11 Å². The number of hydrogen-bond donors (Lipinski definition) is 1. The number of aliphatic hydroxyl groups is 1. The lowest BCUT2D eigenvalue weighted by molar-refractivity contribution is -0.208. The second kappa shape index (κ2) is 5.71. The number of hydrogen-bond acceptors (Lipinski definition) is 2. The summed E-state index contributed by atoms with van der Waals surface area (Å²) in [5.41, 5.74) is 1.99. The predicted octanol–water partition coefficient (Wildman–Crippen LogP) is 2.91. The fraction of sp³-hybridized carbons (Fsp3) is 0.538. The van der Waals surface area contributed by atoms with Gasteiger partial charge in [-0.1, -0.05) is 24.3 Å². The summed E-state index contributed by atoms with van der Waals surface area (Å²) in [4.78, 5) is 1.50. The number of aryl methyl sites for hydroxylation is 1. The van der Waals surface area contributed by atoms with E-state index in [0.717, 1.165) is 11.1 Å². The molecular weight excluding hydrogens is 243 g/mol. The Morgan fingerprint density at radius 3 is 2.33 bits per heavy atom. The van der Waals surface area contributed by atoms with E-state index in [0.29, 0.717) is 0 Å². The lowest BCUT2D eigenvalue weighted by Gasteiger charge is -2.29.